The second-order valence-electron chi connectivity index (χ2n) is 6.43. The molecule has 0 saturated heterocycles. The fourth-order valence-electron chi connectivity index (χ4n) is 2.99. The van der Waals surface area contributed by atoms with Crippen LogP contribution in [0, 0.1) is 12.7 Å². The molecule has 4 nitrogen and oxygen atoms in total. The number of thiazole rings is 1. The third-order valence-corrected chi connectivity index (χ3v) is 5.29. The second-order valence-corrected chi connectivity index (χ2v) is 7.63. The van der Waals surface area contributed by atoms with Gasteiger partial charge in [-0.3, -0.25) is 4.79 Å². The van der Waals surface area contributed by atoms with Crippen LogP contribution in [0.1, 0.15) is 16.1 Å². The van der Waals surface area contributed by atoms with Crippen LogP contribution in [-0.2, 0) is 12.7 Å². The Bertz CT molecular complexity index is 1260. The highest BCUT2D eigenvalue weighted by molar-refractivity contribution is 7.19. The Morgan fingerprint density at radius 3 is 2.52 bits per heavy atom. The first-order valence-corrected chi connectivity index (χ1v) is 9.34. The van der Waals surface area contributed by atoms with Crippen molar-refractivity contribution in [1.29, 1.82) is 0 Å². The maximum Gasteiger partial charge on any atom is 0.416 e. The van der Waals surface area contributed by atoms with Crippen molar-refractivity contribution < 1.29 is 17.6 Å². The average molecular weight is 419 g/mol. The second kappa shape index (κ2) is 7.07. The van der Waals surface area contributed by atoms with Gasteiger partial charge in [0.25, 0.3) is 5.56 Å². The van der Waals surface area contributed by atoms with Crippen LogP contribution in [0.4, 0.5) is 17.6 Å². The molecule has 29 heavy (non-hydrogen) atoms. The fourth-order valence-corrected chi connectivity index (χ4v) is 3.91. The van der Waals surface area contributed by atoms with Crippen LogP contribution in [0.2, 0.25) is 0 Å². The first-order valence-electron chi connectivity index (χ1n) is 8.53. The van der Waals surface area contributed by atoms with Gasteiger partial charge in [0.2, 0.25) is 0 Å². The standard InChI is InChI=1S/C20H13F4N3OS/c1-11-25-17-18(29-11)16(13-5-7-15(21)8-6-13)26-27(19(17)28)10-12-3-2-4-14(9-12)20(22,23)24/h2-9H,10H2,1H3. The lowest BCUT2D eigenvalue weighted by atomic mass is 10.1. The summed E-state index contributed by atoms with van der Waals surface area (Å²) in [6, 6.07) is 10.4. The zero-order valence-corrected chi connectivity index (χ0v) is 15.8. The topological polar surface area (TPSA) is 47.8 Å². The van der Waals surface area contributed by atoms with E-state index >= 15 is 0 Å². The number of halogens is 4. The van der Waals surface area contributed by atoms with E-state index in [9.17, 15) is 22.4 Å². The molecule has 0 atom stereocenters. The normalized spacial score (nSPS) is 11.9. The summed E-state index contributed by atoms with van der Waals surface area (Å²) in [6.45, 7) is 1.60. The van der Waals surface area contributed by atoms with Gasteiger partial charge in [-0.15, -0.1) is 11.3 Å². The van der Waals surface area contributed by atoms with Gasteiger partial charge in [0.05, 0.1) is 21.8 Å². The van der Waals surface area contributed by atoms with Crippen LogP contribution in [0.5, 0.6) is 0 Å². The molecule has 0 radical (unpaired) electrons. The van der Waals surface area contributed by atoms with E-state index in [-0.39, 0.29) is 17.6 Å². The number of alkyl halides is 3. The minimum atomic E-state index is -4.48. The number of aromatic nitrogens is 3. The first-order chi connectivity index (χ1) is 13.7. The number of hydrogen-bond acceptors (Lipinski definition) is 4. The molecule has 0 unspecified atom stereocenters. The number of aryl methyl sites for hydroxylation is 1. The monoisotopic (exact) mass is 419 g/mol. The van der Waals surface area contributed by atoms with E-state index in [1.807, 2.05) is 0 Å². The molecule has 0 amide bonds. The van der Waals surface area contributed by atoms with Crippen LogP contribution < -0.4 is 5.56 Å². The van der Waals surface area contributed by atoms with E-state index in [1.54, 1.807) is 6.92 Å². The smallest absolute Gasteiger partial charge is 0.265 e. The van der Waals surface area contributed by atoms with E-state index in [1.165, 1.54) is 47.7 Å². The molecule has 0 fully saturated rings. The summed E-state index contributed by atoms with van der Waals surface area (Å²) in [5.74, 6) is -0.414. The Morgan fingerprint density at radius 2 is 1.83 bits per heavy atom. The van der Waals surface area contributed by atoms with Gasteiger partial charge in [0, 0.05) is 5.56 Å². The summed E-state index contributed by atoms with van der Waals surface area (Å²) >= 11 is 1.28. The maximum absolute atomic E-state index is 13.3. The quantitative estimate of drug-likeness (QED) is 0.438. The summed E-state index contributed by atoms with van der Waals surface area (Å²) in [6.07, 6.45) is -4.48. The van der Waals surface area contributed by atoms with E-state index < -0.39 is 23.1 Å². The van der Waals surface area contributed by atoms with Crippen molar-refractivity contribution in [3.63, 3.8) is 0 Å². The molecule has 0 aliphatic carbocycles. The van der Waals surface area contributed by atoms with Crippen molar-refractivity contribution in [2.24, 2.45) is 0 Å². The maximum atomic E-state index is 13.3. The number of hydrogen-bond donors (Lipinski definition) is 0. The molecule has 0 spiro atoms. The Morgan fingerprint density at radius 1 is 1.10 bits per heavy atom. The van der Waals surface area contributed by atoms with Crippen molar-refractivity contribution in [2.75, 3.05) is 0 Å². The molecule has 0 aliphatic heterocycles. The van der Waals surface area contributed by atoms with Crippen molar-refractivity contribution >= 4 is 21.6 Å². The van der Waals surface area contributed by atoms with Crippen LogP contribution in [0.15, 0.2) is 53.3 Å². The summed E-state index contributed by atoms with van der Waals surface area (Å²) in [5, 5.41) is 5.02. The molecule has 2 aromatic carbocycles. The van der Waals surface area contributed by atoms with Crippen LogP contribution in [0.3, 0.4) is 0 Å². The highest BCUT2D eigenvalue weighted by Crippen LogP contribution is 2.31. The van der Waals surface area contributed by atoms with Crippen molar-refractivity contribution in [3.05, 3.63) is 80.8 Å². The summed E-state index contributed by atoms with van der Waals surface area (Å²) in [7, 11) is 0. The molecule has 0 aliphatic rings. The summed E-state index contributed by atoms with van der Waals surface area (Å²) in [4.78, 5) is 17.1. The zero-order chi connectivity index (χ0) is 20.8. The Balaban J connectivity index is 1.86. The third-order valence-electron chi connectivity index (χ3n) is 4.31. The highest BCUT2D eigenvalue weighted by Gasteiger charge is 2.30. The summed E-state index contributed by atoms with van der Waals surface area (Å²) in [5.41, 5.74) is 0.189. The molecular formula is C20H13F4N3OS. The van der Waals surface area contributed by atoms with E-state index in [0.717, 1.165) is 16.8 Å². The van der Waals surface area contributed by atoms with Gasteiger partial charge in [0.1, 0.15) is 11.5 Å². The lowest BCUT2D eigenvalue weighted by Gasteiger charge is -2.11. The molecule has 0 bridgehead atoms. The molecule has 2 heterocycles. The number of benzene rings is 2. The van der Waals surface area contributed by atoms with E-state index in [2.05, 4.69) is 10.1 Å². The highest BCUT2D eigenvalue weighted by atomic mass is 32.1. The third kappa shape index (κ3) is 3.77. The molecule has 148 valence electrons. The zero-order valence-electron chi connectivity index (χ0n) is 15.0. The average Bonchev–Trinajstić information content (AvgIpc) is 3.06. The largest absolute Gasteiger partial charge is 0.416 e. The SMILES string of the molecule is Cc1nc2c(=O)n(Cc3cccc(C(F)(F)F)c3)nc(-c3ccc(F)cc3)c2s1. The van der Waals surface area contributed by atoms with E-state index in [4.69, 9.17) is 0 Å². The van der Waals surface area contributed by atoms with Crippen molar-refractivity contribution in [3.8, 4) is 11.3 Å². The van der Waals surface area contributed by atoms with Gasteiger partial charge < -0.3 is 0 Å². The van der Waals surface area contributed by atoms with Gasteiger partial charge in [-0.25, -0.2) is 14.1 Å². The molecular weight excluding hydrogens is 406 g/mol. The van der Waals surface area contributed by atoms with Gasteiger partial charge in [0.15, 0.2) is 5.52 Å². The lowest BCUT2D eigenvalue weighted by Crippen LogP contribution is -2.24. The number of nitrogens with zero attached hydrogens (tertiary/aromatic N) is 3. The Labute approximate surface area is 166 Å². The van der Waals surface area contributed by atoms with Crippen molar-refractivity contribution in [1.82, 2.24) is 14.8 Å². The first kappa shape index (κ1) is 19.3. The molecule has 4 rings (SSSR count). The van der Waals surface area contributed by atoms with Crippen LogP contribution >= 0.6 is 11.3 Å². The predicted molar refractivity (Wildman–Crippen MR) is 102 cm³/mol. The van der Waals surface area contributed by atoms with Gasteiger partial charge in [-0.1, -0.05) is 12.1 Å². The van der Waals surface area contributed by atoms with Crippen LogP contribution in [-0.4, -0.2) is 14.8 Å². The minimum Gasteiger partial charge on any atom is -0.265 e. The Kier molecular flexibility index (Phi) is 4.70. The van der Waals surface area contributed by atoms with Gasteiger partial charge >= 0.3 is 6.18 Å². The van der Waals surface area contributed by atoms with Gasteiger partial charge in [-0.2, -0.15) is 18.3 Å². The lowest BCUT2D eigenvalue weighted by molar-refractivity contribution is -0.137. The Hall–Kier alpha value is -3.07. The van der Waals surface area contributed by atoms with Crippen molar-refractivity contribution in [2.45, 2.75) is 19.6 Å². The van der Waals surface area contributed by atoms with Gasteiger partial charge in [-0.05, 0) is 48.9 Å². The minimum absolute atomic E-state index is 0.149. The summed E-state index contributed by atoms with van der Waals surface area (Å²) < 4.78 is 53.9. The predicted octanol–water partition coefficient (Wildman–Crippen LogP) is 5.03. The number of rotatable bonds is 3. The fraction of sp³-hybridized carbons (Fsp3) is 0.150. The molecule has 0 saturated carbocycles. The molecule has 2 aromatic heterocycles. The van der Waals surface area contributed by atoms with Crippen LogP contribution in [0.25, 0.3) is 21.5 Å². The van der Waals surface area contributed by atoms with E-state index in [0.29, 0.717) is 21.0 Å². The molecule has 9 heteroatoms. The molecule has 4 aromatic rings. The molecule has 0 N–H and O–H groups in total. The number of fused-ring (bicyclic) bond motifs is 1.